The van der Waals surface area contributed by atoms with Gasteiger partial charge in [-0.3, -0.25) is 4.40 Å². The van der Waals surface area contributed by atoms with Crippen LogP contribution in [0.3, 0.4) is 0 Å². The Labute approximate surface area is 113 Å². The van der Waals surface area contributed by atoms with Crippen LogP contribution in [0.25, 0.3) is 4.96 Å². The van der Waals surface area contributed by atoms with Gasteiger partial charge >= 0.3 is 0 Å². The molecule has 0 spiro atoms. The number of hydrogen-bond donors (Lipinski definition) is 1. The van der Waals surface area contributed by atoms with Gasteiger partial charge in [-0.1, -0.05) is 13.8 Å². The molecule has 3 nitrogen and oxygen atoms in total. The lowest BCUT2D eigenvalue weighted by Gasteiger charge is -2.17. The van der Waals surface area contributed by atoms with Crippen molar-refractivity contribution in [1.29, 1.82) is 0 Å². The second-order valence-corrected chi connectivity index (χ2v) is 6.10. The average molecular weight is 265 g/mol. The molecule has 18 heavy (non-hydrogen) atoms. The Morgan fingerprint density at radius 1 is 1.44 bits per heavy atom. The average Bonchev–Trinajstić information content (AvgIpc) is 2.86. The minimum Gasteiger partial charge on any atom is -0.314 e. The standard InChI is InChI=1S/C14H23N3S/c1-4-5-15-12(3)8-11(2)9-13-10-17-6-7-18-14(17)16-13/h6-7,10-12,15H,4-5,8-9H2,1-3H3. The van der Waals surface area contributed by atoms with Crippen molar-refractivity contribution in [3.63, 3.8) is 0 Å². The van der Waals surface area contributed by atoms with Crippen molar-refractivity contribution in [2.24, 2.45) is 5.92 Å². The first kappa shape index (κ1) is 13.6. The lowest BCUT2D eigenvalue weighted by atomic mass is 9.98. The SMILES string of the molecule is CCCNC(C)CC(C)Cc1cn2ccsc2n1. The van der Waals surface area contributed by atoms with Crippen LogP contribution in [0.15, 0.2) is 17.8 Å². The van der Waals surface area contributed by atoms with Crippen LogP contribution >= 0.6 is 11.3 Å². The van der Waals surface area contributed by atoms with Gasteiger partial charge in [-0.15, -0.1) is 11.3 Å². The molecule has 0 aliphatic rings. The van der Waals surface area contributed by atoms with E-state index in [1.54, 1.807) is 11.3 Å². The molecule has 0 bridgehead atoms. The Balaban J connectivity index is 1.83. The van der Waals surface area contributed by atoms with Crippen LogP contribution < -0.4 is 5.32 Å². The fourth-order valence-electron chi connectivity index (χ4n) is 2.39. The molecule has 0 fully saturated rings. The minimum atomic E-state index is 0.601. The van der Waals surface area contributed by atoms with Gasteiger partial charge < -0.3 is 5.32 Å². The predicted molar refractivity (Wildman–Crippen MR) is 78.3 cm³/mol. The van der Waals surface area contributed by atoms with Crippen molar-refractivity contribution < 1.29 is 0 Å². The molecule has 2 rings (SSSR count). The number of fused-ring (bicyclic) bond motifs is 1. The molecule has 0 saturated heterocycles. The fraction of sp³-hybridized carbons (Fsp3) is 0.643. The second kappa shape index (κ2) is 6.34. The molecular formula is C14H23N3S. The molecular weight excluding hydrogens is 242 g/mol. The van der Waals surface area contributed by atoms with Gasteiger partial charge in [-0.2, -0.15) is 0 Å². The van der Waals surface area contributed by atoms with Gasteiger partial charge in [0.05, 0.1) is 5.69 Å². The van der Waals surface area contributed by atoms with Crippen molar-refractivity contribution in [3.05, 3.63) is 23.5 Å². The number of thiazole rings is 1. The number of nitrogens with zero attached hydrogens (tertiary/aromatic N) is 2. The highest BCUT2D eigenvalue weighted by Gasteiger charge is 2.11. The Bertz CT molecular complexity index is 446. The zero-order valence-corrected chi connectivity index (χ0v) is 12.3. The lowest BCUT2D eigenvalue weighted by molar-refractivity contribution is 0.418. The molecule has 0 amide bonds. The topological polar surface area (TPSA) is 29.3 Å². The molecule has 0 aromatic carbocycles. The molecule has 2 unspecified atom stereocenters. The number of imidazole rings is 1. The summed E-state index contributed by atoms with van der Waals surface area (Å²) < 4.78 is 2.12. The van der Waals surface area contributed by atoms with Crippen LogP contribution in [0, 0.1) is 5.92 Å². The van der Waals surface area contributed by atoms with Gasteiger partial charge in [0, 0.05) is 23.8 Å². The number of hydrogen-bond acceptors (Lipinski definition) is 3. The Morgan fingerprint density at radius 3 is 3.00 bits per heavy atom. The van der Waals surface area contributed by atoms with Gasteiger partial charge in [0.2, 0.25) is 0 Å². The van der Waals surface area contributed by atoms with E-state index in [0.29, 0.717) is 12.0 Å². The van der Waals surface area contributed by atoms with E-state index in [9.17, 15) is 0 Å². The van der Waals surface area contributed by atoms with Crippen molar-refractivity contribution in [2.75, 3.05) is 6.54 Å². The normalized spacial score (nSPS) is 15.1. The summed E-state index contributed by atoms with van der Waals surface area (Å²) in [6.45, 7) is 7.92. The smallest absolute Gasteiger partial charge is 0.193 e. The van der Waals surface area contributed by atoms with Crippen LogP contribution in [0.5, 0.6) is 0 Å². The first-order valence-corrected chi connectivity index (χ1v) is 7.71. The van der Waals surface area contributed by atoms with Crippen LogP contribution in [0.4, 0.5) is 0 Å². The molecule has 2 heterocycles. The molecule has 1 N–H and O–H groups in total. The molecule has 4 heteroatoms. The summed E-state index contributed by atoms with van der Waals surface area (Å²) in [6, 6.07) is 0.601. The van der Waals surface area contributed by atoms with E-state index in [0.717, 1.165) is 17.9 Å². The lowest BCUT2D eigenvalue weighted by Crippen LogP contribution is -2.28. The molecule has 0 aliphatic heterocycles. The number of aromatic nitrogens is 2. The van der Waals surface area contributed by atoms with Gasteiger partial charge in [0.25, 0.3) is 0 Å². The van der Waals surface area contributed by atoms with Crippen LogP contribution in [-0.2, 0) is 6.42 Å². The summed E-state index contributed by atoms with van der Waals surface area (Å²) in [4.78, 5) is 5.75. The summed E-state index contributed by atoms with van der Waals surface area (Å²) >= 11 is 1.70. The largest absolute Gasteiger partial charge is 0.314 e. The molecule has 0 aliphatic carbocycles. The highest BCUT2D eigenvalue weighted by Crippen LogP contribution is 2.16. The zero-order valence-electron chi connectivity index (χ0n) is 11.5. The maximum atomic E-state index is 4.64. The quantitative estimate of drug-likeness (QED) is 0.832. The van der Waals surface area contributed by atoms with Crippen LogP contribution in [-0.4, -0.2) is 22.0 Å². The first-order chi connectivity index (χ1) is 8.69. The highest BCUT2D eigenvalue weighted by atomic mass is 32.1. The van der Waals surface area contributed by atoms with E-state index in [-0.39, 0.29) is 0 Å². The van der Waals surface area contributed by atoms with E-state index in [4.69, 9.17) is 0 Å². The van der Waals surface area contributed by atoms with Crippen molar-refractivity contribution in [2.45, 2.75) is 46.1 Å². The van der Waals surface area contributed by atoms with Gasteiger partial charge in [0.1, 0.15) is 0 Å². The summed E-state index contributed by atoms with van der Waals surface area (Å²) in [7, 11) is 0. The maximum absolute atomic E-state index is 4.64. The third-order valence-electron chi connectivity index (χ3n) is 3.20. The monoisotopic (exact) mass is 265 g/mol. The maximum Gasteiger partial charge on any atom is 0.193 e. The summed E-state index contributed by atoms with van der Waals surface area (Å²) in [5, 5.41) is 5.62. The van der Waals surface area contributed by atoms with Gasteiger partial charge in [0.15, 0.2) is 4.96 Å². The highest BCUT2D eigenvalue weighted by molar-refractivity contribution is 7.15. The summed E-state index contributed by atoms with van der Waals surface area (Å²) in [6.07, 6.45) is 7.73. The zero-order chi connectivity index (χ0) is 13.0. The van der Waals surface area contributed by atoms with Crippen molar-refractivity contribution in [1.82, 2.24) is 14.7 Å². The Morgan fingerprint density at radius 2 is 2.28 bits per heavy atom. The predicted octanol–water partition coefficient (Wildman–Crippen LogP) is 3.35. The van der Waals surface area contributed by atoms with E-state index >= 15 is 0 Å². The number of nitrogens with one attached hydrogen (secondary N) is 1. The summed E-state index contributed by atoms with van der Waals surface area (Å²) in [5.74, 6) is 0.675. The third kappa shape index (κ3) is 3.56. The van der Waals surface area contributed by atoms with Crippen LogP contribution in [0.1, 0.15) is 39.3 Å². The second-order valence-electron chi connectivity index (χ2n) is 5.23. The molecule has 100 valence electrons. The van der Waals surface area contributed by atoms with E-state index in [2.05, 4.69) is 53.2 Å². The molecule has 2 aromatic heterocycles. The van der Waals surface area contributed by atoms with E-state index < -0.39 is 0 Å². The molecule has 0 saturated carbocycles. The van der Waals surface area contributed by atoms with Gasteiger partial charge in [-0.25, -0.2) is 4.98 Å². The van der Waals surface area contributed by atoms with Crippen molar-refractivity contribution in [3.8, 4) is 0 Å². The Hall–Kier alpha value is -0.870. The summed E-state index contributed by atoms with van der Waals surface area (Å²) in [5.41, 5.74) is 1.22. The number of rotatable bonds is 7. The fourth-order valence-corrected chi connectivity index (χ4v) is 3.11. The minimum absolute atomic E-state index is 0.601. The molecule has 2 atom stereocenters. The first-order valence-electron chi connectivity index (χ1n) is 6.83. The third-order valence-corrected chi connectivity index (χ3v) is 3.97. The van der Waals surface area contributed by atoms with E-state index in [1.807, 2.05) is 0 Å². The Kier molecular flexibility index (Phi) is 4.78. The molecule has 2 aromatic rings. The van der Waals surface area contributed by atoms with Crippen LogP contribution in [0.2, 0.25) is 0 Å². The van der Waals surface area contributed by atoms with Gasteiger partial charge in [-0.05, 0) is 38.6 Å². The van der Waals surface area contributed by atoms with Crippen molar-refractivity contribution >= 4 is 16.3 Å². The molecule has 0 radical (unpaired) electrons. The van der Waals surface area contributed by atoms with E-state index in [1.165, 1.54) is 18.5 Å².